The maximum Gasteiger partial charge on any atom is 0.198 e. The van der Waals surface area contributed by atoms with Gasteiger partial charge in [-0.3, -0.25) is 0 Å². The Balaban J connectivity index is 2.70. The Morgan fingerprint density at radius 3 is 2.58 bits per heavy atom. The molecule has 0 amide bonds. The molecule has 0 saturated heterocycles. The van der Waals surface area contributed by atoms with Gasteiger partial charge >= 0.3 is 0 Å². The molecule has 0 atom stereocenters. The van der Waals surface area contributed by atoms with E-state index in [1.165, 1.54) is 6.33 Å². The van der Waals surface area contributed by atoms with E-state index in [0.29, 0.717) is 5.11 Å². The summed E-state index contributed by atoms with van der Waals surface area (Å²) in [5.41, 5.74) is 0. The predicted molar refractivity (Wildman–Crippen MR) is 50.9 cm³/mol. The molecule has 0 aromatic carbocycles. The lowest BCUT2D eigenvalue weighted by Crippen LogP contribution is -2.34. The van der Waals surface area contributed by atoms with E-state index < -0.39 is 0 Å². The summed E-state index contributed by atoms with van der Waals surface area (Å²) in [6.45, 7) is 5.92. The van der Waals surface area contributed by atoms with Gasteiger partial charge in [-0.2, -0.15) is 9.78 Å². The second-order valence-electron chi connectivity index (χ2n) is 2.29. The summed E-state index contributed by atoms with van der Waals surface area (Å²) >= 11 is 5.18. The number of rotatable bonds is 2. The fraction of sp³-hybridized carbons (Fsp3) is 0.571. The third-order valence-corrected chi connectivity index (χ3v) is 2.09. The molecule has 0 aliphatic rings. The van der Waals surface area contributed by atoms with Crippen molar-refractivity contribution in [3.63, 3.8) is 0 Å². The Kier molecular flexibility index (Phi) is 3.16. The number of nitrogens with zero attached hydrogens (tertiary/aromatic N) is 4. The molecular formula is C7H12N4S. The summed E-state index contributed by atoms with van der Waals surface area (Å²) in [7, 11) is 0. The molecular weight excluding hydrogens is 172 g/mol. The molecule has 0 aliphatic heterocycles. The van der Waals surface area contributed by atoms with Crippen molar-refractivity contribution in [1.82, 2.24) is 19.7 Å². The van der Waals surface area contributed by atoms with Crippen molar-refractivity contribution in [3.8, 4) is 0 Å². The molecule has 0 saturated carbocycles. The Morgan fingerprint density at radius 2 is 2.17 bits per heavy atom. The Labute approximate surface area is 77.2 Å². The lowest BCUT2D eigenvalue weighted by molar-refractivity contribution is 0.454. The molecule has 66 valence electrons. The normalized spacial score (nSPS) is 9.83. The molecule has 0 unspecified atom stereocenters. The van der Waals surface area contributed by atoms with Crippen LogP contribution in [0.2, 0.25) is 0 Å². The number of hydrogen-bond acceptors (Lipinski definition) is 3. The average Bonchev–Trinajstić information content (AvgIpc) is 2.58. The van der Waals surface area contributed by atoms with Crippen LogP contribution in [0.3, 0.4) is 0 Å². The smallest absolute Gasteiger partial charge is 0.198 e. The van der Waals surface area contributed by atoms with Gasteiger partial charge in [-0.05, 0) is 26.1 Å². The first kappa shape index (κ1) is 9.12. The Hall–Kier alpha value is -0.970. The highest BCUT2D eigenvalue weighted by molar-refractivity contribution is 7.80. The molecule has 0 fully saturated rings. The first-order valence-corrected chi connectivity index (χ1v) is 4.34. The average molecular weight is 184 g/mol. The second-order valence-corrected chi connectivity index (χ2v) is 2.66. The fourth-order valence-electron chi connectivity index (χ4n) is 0.946. The molecule has 0 radical (unpaired) electrons. The molecule has 0 aliphatic carbocycles. The van der Waals surface area contributed by atoms with Gasteiger partial charge in [0.15, 0.2) is 5.11 Å². The van der Waals surface area contributed by atoms with Gasteiger partial charge in [-0.15, -0.1) is 0 Å². The second kappa shape index (κ2) is 4.15. The van der Waals surface area contributed by atoms with Gasteiger partial charge in [0.1, 0.15) is 12.7 Å². The zero-order valence-corrected chi connectivity index (χ0v) is 8.08. The van der Waals surface area contributed by atoms with Gasteiger partial charge in [0.05, 0.1) is 0 Å². The number of thiocarbonyl (C=S) groups is 1. The van der Waals surface area contributed by atoms with Crippen molar-refractivity contribution in [2.75, 3.05) is 13.1 Å². The van der Waals surface area contributed by atoms with Crippen LogP contribution in [0.25, 0.3) is 0 Å². The molecule has 0 N–H and O–H groups in total. The number of hydrogen-bond donors (Lipinski definition) is 0. The predicted octanol–water partition coefficient (Wildman–Crippen LogP) is 0.753. The van der Waals surface area contributed by atoms with Crippen LogP contribution in [0.1, 0.15) is 13.8 Å². The summed E-state index contributed by atoms with van der Waals surface area (Å²) in [6.07, 6.45) is 3.09. The van der Waals surface area contributed by atoms with Crippen LogP contribution in [0.4, 0.5) is 0 Å². The van der Waals surface area contributed by atoms with Gasteiger partial charge in [0, 0.05) is 13.1 Å². The van der Waals surface area contributed by atoms with Crippen LogP contribution in [-0.4, -0.2) is 37.9 Å². The largest absolute Gasteiger partial charge is 0.348 e. The minimum Gasteiger partial charge on any atom is -0.348 e. The van der Waals surface area contributed by atoms with Gasteiger partial charge in [-0.1, -0.05) is 0 Å². The first-order chi connectivity index (χ1) is 5.79. The van der Waals surface area contributed by atoms with Crippen LogP contribution in [0.15, 0.2) is 12.7 Å². The van der Waals surface area contributed by atoms with E-state index in [9.17, 15) is 0 Å². The molecule has 1 heterocycles. The summed E-state index contributed by atoms with van der Waals surface area (Å²) in [4.78, 5) is 5.88. The van der Waals surface area contributed by atoms with E-state index in [-0.39, 0.29) is 0 Å². The van der Waals surface area contributed by atoms with E-state index in [4.69, 9.17) is 12.2 Å². The Morgan fingerprint density at radius 1 is 1.50 bits per heavy atom. The van der Waals surface area contributed by atoms with Crippen LogP contribution < -0.4 is 0 Å². The summed E-state index contributed by atoms with van der Waals surface area (Å²) in [5, 5.41) is 4.66. The van der Waals surface area contributed by atoms with Gasteiger partial charge < -0.3 is 4.90 Å². The van der Waals surface area contributed by atoms with Gasteiger partial charge in [0.2, 0.25) is 0 Å². The van der Waals surface area contributed by atoms with Crippen molar-refractivity contribution in [2.24, 2.45) is 0 Å². The maximum absolute atomic E-state index is 5.18. The van der Waals surface area contributed by atoms with E-state index in [1.54, 1.807) is 11.0 Å². The van der Waals surface area contributed by atoms with Crippen molar-refractivity contribution < 1.29 is 0 Å². The van der Waals surface area contributed by atoms with Crippen LogP contribution in [0, 0.1) is 0 Å². The molecule has 4 nitrogen and oxygen atoms in total. The quantitative estimate of drug-likeness (QED) is 0.635. The van der Waals surface area contributed by atoms with E-state index in [1.807, 2.05) is 4.90 Å². The molecule has 0 bridgehead atoms. The van der Waals surface area contributed by atoms with Crippen molar-refractivity contribution in [2.45, 2.75) is 13.8 Å². The fourth-order valence-corrected chi connectivity index (χ4v) is 1.30. The highest BCUT2D eigenvalue weighted by Crippen LogP contribution is 1.93. The zero-order valence-electron chi connectivity index (χ0n) is 7.27. The Bertz CT molecular complexity index is 240. The number of aromatic nitrogens is 3. The molecule has 0 spiro atoms. The lowest BCUT2D eigenvalue weighted by atomic mass is 10.5. The van der Waals surface area contributed by atoms with E-state index in [2.05, 4.69) is 23.9 Å². The minimum absolute atomic E-state index is 0.706. The first-order valence-electron chi connectivity index (χ1n) is 3.93. The highest BCUT2D eigenvalue weighted by atomic mass is 32.1. The van der Waals surface area contributed by atoms with Crippen LogP contribution in [0.5, 0.6) is 0 Å². The molecule has 1 aromatic rings. The minimum atomic E-state index is 0.706. The maximum atomic E-state index is 5.18. The molecule has 5 heteroatoms. The topological polar surface area (TPSA) is 34.0 Å². The third kappa shape index (κ3) is 1.79. The van der Waals surface area contributed by atoms with E-state index >= 15 is 0 Å². The summed E-state index contributed by atoms with van der Waals surface area (Å²) < 4.78 is 1.60. The molecule has 1 aromatic heterocycles. The van der Waals surface area contributed by atoms with Crippen LogP contribution >= 0.6 is 12.2 Å². The molecule has 12 heavy (non-hydrogen) atoms. The third-order valence-electron chi connectivity index (χ3n) is 1.65. The van der Waals surface area contributed by atoms with Gasteiger partial charge in [0.25, 0.3) is 0 Å². The zero-order chi connectivity index (χ0) is 8.97. The van der Waals surface area contributed by atoms with Crippen molar-refractivity contribution in [1.29, 1.82) is 0 Å². The van der Waals surface area contributed by atoms with Crippen molar-refractivity contribution >= 4 is 17.3 Å². The lowest BCUT2D eigenvalue weighted by Gasteiger charge is -2.20. The van der Waals surface area contributed by atoms with E-state index in [0.717, 1.165) is 13.1 Å². The van der Waals surface area contributed by atoms with Crippen LogP contribution in [-0.2, 0) is 0 Å². The molecule has 1 rings (SSSR count). The highest BCUT2D eigenvalue weighted by Gasteiger charge is 2.06. The van der Waals surface area contributed by atoms with Gasteiger partial charge in [-0.25, -0.2) is 4.98 Å². The monoisotopic (exact) mass is 184 g/mol. The van der Waals surface area contributed by atoms with Crippen molar-refractivity contribution in [3.05, 3.63) is 12.7 Å². The standard InChI is InChI=1S/C7H12N4S/c1-3-10(4-2)7(12)11-6-8-5-9-11/h5-6H,3-4H2,1-2H3. The summed E-state index contributed by atoms with van der Waals surface area (Å²) in [6, 6.07) is 0. The SMILES string of the molecule is CCN(CC)C(=S)n1cncn1. The summed E-state index contributed by atoms with van der Waals surface area (Å²) in [5.74, 6) is 0.